The SMILES string of the molecule is C#CCC(N)C(=O)Nc1ccn(C)n1. The first-order valence-electron chi connectivity index (χ1n) is 4.13. The summed E-state index contributed by atoms with van der Waals surface area (Å²) in [4.78, 5) is 11.3. The van der Waals surface area contributed by atoms with Gasteiger partial charge in [-0.2, -0.15) is 5.10 Å². The van der Waals surface area contributed by atoms with Crippen molar-refractivity contribution in [3.63, 3.8) is 0 Å². The number of aromatic nitrogens is 2. The third-order valence-corrected chi connectivity index (χ3v) is 1.64. The molecule has 0 aromatic carbocycles. The van der Waals surface area contributed by atoms with Crippen molar-refractivity contribution in [3.8, 4) is 12.3 Å². The molecule has 0 spiro atoms. The maximum Gasteiger partial charge on any atom is 0.243 e. The van der Waals surface area contributed by atoms with Crippen LogP contribution in [0.3, 0.4) is 0 Å². The van der Waals surface area contributed by atoms with Gasteiger partial charge in [0.1, 0.15) is 0 Å². The number of carbonyl (C=O) groups is 1. The first-order valence-corrected chi connectivity index (χ1v) is 4.13. The topological polar surface area (TPSA) is 72.9 Å². The van der Waals surface area contributed by atoms with Gasteiger partial charge in [-0.25, -0.2) is 0 Å². The van der Waals surface area contributed by atoms with E-state index in [0.29, 0.717) is 5.82 Å². The van der Waals surface area contributed by atoms with Crippen LogP contribution in [0.2, 0.25) is 0 Å². The summed E-state index contributed by atoms with van der Waals surface area (Å²) in [6, 6.07) is 1.00. The van der Waals surface area contributed by atoms with Gasteiger partial charge in [-0.05, 0) is 0 Å². The summed E-state index contributed by atoms with van der Waals surface area (Å²) in [6.45, 7) is 0. The zero-order valence-corrected chi connectivity index (χ0v) is 7.90. The third kappa shape index (κ3) is 2.61. The largest absolute Gasteiger partial charge is 0.319 e. The molecule has 1 rings (SSSR count). The van der Waals surface area contributed by atoms with Gasteiger partial charge in [0.25, 0.3) is 0 Å². The Morgan fingerprint density at radius 2 is 2.64 bits per heavy atom. The van der Waals surface area contributed by atoms with Gasteiger partial charge in [0.05, 0.1) is 6.04 Å². The highest BCUT2D eigenvalue weighted by Gasteiger charge is 2.12. The number of nitrogens with one attached hydrogen (secondary N) is 1. The summed E-state index contributed by atoms with van der Waals surface area (Å²) in [6.07, 6.45) is 6.98. The van der Waals surface area contributed by atoms with Crippen LogP contribution >= 0.6 is 0 Å². The van der Waals surface area contributed by atoms with E-state index in [1.165, 1.54) is 0 Å². The molecule has 1 atom stereocenters. The van der Waals surface area contributed by atoms with Crippen LogP contribution in [0.4, 0.5) is 5.82 Å². The maximum atomic E-state index is 11.3. The van der Waals surface area contributed by atoms with Crippen molar-refractivity contribution < 1.29 is 4.79 Å². The summed E-state index contributed by atoms with van der Waals surface area (Å²) >= 11 is 0. The Morgan fingerprint density at radius 1 is 1.93 bits per heavy atom. The molecule has 1 aromatic heterocycles. The highest BCUT2D eigenvalue weighted by atomic mass is 16.2. The molecule has 74 valence electrons. The zero-order valence-electron chi connectivity index (χ0n) is 7.90. The molecule has 5 heteroatoms. The molecule has 5 nitrogen and oxygen atoms in total. The monoisotopic (exact) mass is 192 g/mol. The Kier molecular flexibility index (Phi) is 3.26. The number of terminal acetylenes is 1. The van der Waals surface area contributed by atoms with E-state index in [4.69, 9.17) is 12.2 Å². The van der Waals surface area contributed by atoms with Crippen molar-refractivity contribution in [3.05, 3.63) is 12.3 Å². The van der Waals surface area contributed by atoms with Gasteiger partial charge < -0.3 is 11.1 Å². The fourth-order valence-corrected chi connectivity index (χ4v) is 0.920. The molecule has 14 heavy (non-hydrogen) atoms. The molecular formula is C9H12N4O. The number of nitrogens with two attached hydrogens (primary N) is 1. The van der Waals surface area contributed by atoms with E-state index in [0.717, 1.165) is 0 Å². The number of nitrogens with zero attached hydrogens (tertiary/aromatic N) is 2. The fraction of sp³-hybridized carbons (Fsp3) is 0.333. The maximum absolute atomic E-state index is 11.3. The van der Waals surface area contributed by atoms with Crippen molar-refractivity contribution >= 4 is 11.7 Å². The number of amides is 1. The molecule has 0 saturated carbocycles. The first kappa shape index (κ1) is 10.3. The average Bonchev–Trinajstić information content (AvgIpc) is 2.51. The number of aryl methyl sites for hydroxylation is 1. The molecule has 0 fully saturated rings. The van der Waals surface area contributed by atoms with Crippen molar-refractivity contribution in [2.45, 2.75) is 12.5 Å². The van der Waals surface area contributed by atoms with Crippen LogP contribution in [0, 0.1) is 12.3 Å². The van der Waals surface area contributed by atoms with E-state index >= 15 is 0 Å². The second-order valence-electron chi connectivity index (χ2n) is 2.88. The molecule has 0 aliphatic heterocycles. The predicted octanol–water partition coefficient (Wildman–Crippen LogP) is -0.291. The second-order valence-corrected chi connectivity index (χ2v) is 2.88. The van der Waals surface area contributed by atoms with Crippen LogP contribution in [0.5, 0.6) is 0 Å². The van der Waals surface area contributed by atoms with Crippen LogP contribution in [0.1, 0.15) is 6.42 Å². The molecule has 0 saturated heterocycles. The number of carbonyl (C=O) groups excluding carboxylic acids is 1. The number of hydrogen-bond acceptors (Lipinski definition) is 3. The van der Waals surface area contributed by atoms with Crippen molar-refractivity contribution in [2.24, 2.45) is 12.8 Å². The number of anilines is 1. The average molecular weight is 192 g/mol. The van der Waals surface area contributed by atoms with E-state index in [1.807, 2.05) is 0 Å². The van der Waals surface area contributed by atoms with Crippen LogP contribution in [0.15, 0.2) is 12.3 Å². The Balaban J connectivity index is 2.53. The molecular weight excluding hydrogens is 180 g/mol. The minimum absolute atomic E-state index is 0.221. The first-order chi connectivity index (χ1) is 6.63. The lowest BCUT2D eigenvalue weighted by molar-refractivity contribution is -0.117. The Hall–Kier alpha value is -1.80. The lowest BCUT2D eigenvalue weighted by Crippen LogP contribution is -2.35. The smallest absolute Gasteiger partial charge is 0.243 e. The molecule has 0 bridgehead atoms. The molecule has 1 amide bonds. The van der Waals surface area contributed by atoms with Gasteiger partial charge in [-0.3, -0.25) is 9.48 Å². The van der Waals surface area contributed by atoms with E-state index in [-0.39, 0.29) is 12.3 Å². The molecule has 1 heterocycles. The lowest BCUT2D eigenvalue weighted by Gasteiger charge is -2.06. The second kappa shape index (κ2) is 4.44. The van der Waals surface area contributed by atoms with Gasteiger partial charge >= 0.3 is 0 Å². The van der Waals surface area contributed by atoms with E-state index < -0.39 is 6.04 Å². The van der Waals surface area contributed by atoms with Gasteiger partial charge in [-0.1, -0.05) is 0 Å². The quantitative estimate of drug-likeness (QED) is 0.646. The number of rotatable bonds is 3. The normalized spacial score (nSPS) is 11.8. The summed E-state index contributed by atoms with van der Waals surface area (Å²) in [5, 5.41) is 6.53. The van der Waals surface area contributed by atoms with Crippen molar-refractivity contribution in [2.75, 3.05) is 5.32 Å². The predicted molar refractivity (Wildman–Crippen MR) is 53.3 cm³/mol. The molecule has 0 aliphatic carbocycles. The third-order valence-electron chi connectivity index (χ3n) is 1.64. The van der Waals surface area contributed by atoms with Gasteiger partial charge in [0.2, 0.25) is 5.91 Å². The molecule has 0 radical (unpaired) electrons. The van der Waals surface area contributed by atoms with E-state index in [2.05, 4.69) is 16.3 Å². The highest BCUT2D eigenvalue weighted by molar-refractivity contribution is 5.93. The van der Waals surface area contributed by atoms with Gasteiger partial charge in [0.15, 0.2) is 5.82 Å². The fourth-order valence-electron chi connectivity index (χ4n) is 0.920. The van der Waals surface area contributed by atoms with E-state index in [1.54, 1.807) is 24.0 Å². The Morgan fingerprint density at radius 3 is 3.14 bits per heavy atom. The summed E-state index contributed by atoms with van der Waals surface area (Å²) < 4.78 is 1.59. The molecule has 1 unspecified atom stereocenters. The number of hydrogen-bond donors (Lipinski definition) is 2. The molecule has 3 N–H and O–H groups in total. The lowest BCUT2D eigenvalue weighted by atomic mass is 10.2. The summed E-state index contributed by atoms with van der Waals surface area (Å²) in [5.41, 5.74) is 5.49. The van der Waals surface area contributed by atoms with E-state index in [9.17, 15) is 4.79 Å². The summed E-state index contributed by atoms with van der Waals surface area (Å²) in [7, 11) is 1.76. The van der Waals surface area contributed by atoms with Crippen LogP contribution < -0.4 is 11.1 Å². The van der Waals surface area contributed by atoms with Crippen LogP contribution in [0.25, 0.3) is 0 Å². The van der Waals surface area contributed by atoms with Crippen LogP contribution in [-0.2, 0) is 11.8 Å². The van der Waals surface area contributed by atoms with Gasteiger partial charge in [0, 0.05) is 25.7 Å². The standard InChI is InChI=1S/C9H12N4O/c1-3-4-7(10)9(14)11-8-5-6-13(2)12-8/h1,5-7H,4,10H2,2H3,(H,11,12,14). The van der Waals surface area contributed by atoms with Crippen LogP contribution in [-0.4, -0.2) is 21.7 Å². The Bertz CT molecular complexity index is 363. The minimum atomic E-state index is -0.679. The minimum Gasteiger partial charge on any atom is -0.319 e. The zero-order chi connectivity index (χ0) is 10.6. The Labute approximate surface area is 82.3 Å². The highest BCUT2D eigenvalue weighted by Crippen LogP contribution is 2.01. The summed E-state index contributed by atoms with van der Waals surface area (Å²) in [5.74, 6) is 2.49. The van der Waals surface area contributed by atoms with Crippen molar-refractivity contribution in [1.29, 1.82) is 0 Å². The van der Waals surface area contributed by atoms with Crippen molar-refractivity contribution in [1.82, 2.24) is 9.78 Å². The molecule has 1 aromatic rings. The van der Waals surface area contributed by atoms with Gasteiger partial charge in [-0.15, -0.1) is 12.3 Å². The molecule has 0 aliphatic rings.